The van der Waals surface area contributed by atoms with Crippen molar-refractivity contribution < 1.29 is 14.2 Å². The highest BCUT2D eigenvalue weighted by Gasteiger charge is 2.00. The van der Waals surface area contributed by atoms with Crippen molar-refractivity contribution >= 4 is 0 Å². The standard InChI is InChI=1S/C19H24O3/c1-3-16(2)20-14-7-15-21-17-10-12-19(13-11-17)22-18-8-5-4-6-9-18/h4-6,8-13,16H,3,7,14-15H2,1-2H3. The average molecular weight is 300 g/mol. The van der Waals surface area contributed by atoms with Crippen LogP contribution in [0.2, 0.25) is 0 Å². The van der Waals surface area contributed by atoms with E-state index in [1.807, 2.05) is 54.6 Å². The van der Waals surface area contributed by atoms with Gasteiger partial charge in [0.1, 0.15) is 17.2 Å². The van der Waals surface area contributed by atoms with Gasteiger partial charge < -0.3 is 14.2 Å². The second kappa shape index (κ2) is 9.11. The van der Waals surface area contributed by atoms with E-state index < -0.39 is 0 Å². The molecule has 22 heavy (non-hydrogen) atoms. The van der Waals surface area contributed by atoms with Crippen LogP contribution in [-0.2, 0) is 4.74 Å². The van der Waals surface area contributed by atoms with E-state index in [4.69, 9.17) is 14.2 Å². The fraction of sp³-hybridized carbons (Fsp3) is 0.368. The Balaban J connectivity index is 1.70. The molecule has 1 unspecified atom stereocenters. The number of hydrogen-bond donors (Lipinski definition) is 0. The molecule has 0 aliphatic carbocycles. The third kappa shape index (κ3) is 5.78. The van der Waals surface area contributed by atoms with Gasteiger partial charge in [0.2, 0.25) is 0 Å². The van der Waals surface area contributed by atoms with E-state index in [-0.39, 0.29) is 0 Å². The van der Waals surface area contributed by atoms with E-state index in [2.05, 4.69) is 13.8 Å². The lowest BCUT2D eigenvalue weighted by molar-refractivity contribution is 0.0554. The van der Waals surface area contributed by atoms with Crippen molar-refractivity contribution in [2.45, 2.75) is 32.8 Å². The summed E-state index contributed by atoms with van der Waals surface area (Å²) in [6.45, 7) is 5.62. The predicted molar refractivity (Wildman–Crippen MR) is 88.8 cm³/mol. The van der Waals surface area contributed by atoms with Gasteiger partial charge in [-0.25, -0.2) is 0 Å². The highest BCUT2D eigenvalue weighted by atomic mass is 16.5. The van der Waals surface area contributed by atoms with Gasteiger partial charge in [-0.2, -0.15) is 0 Å². The maximum absolute atomic E-state index is 5.74. The Bertz CT molecular complexity index is 522. The largest absolute Gasteiger partial charge is 0.494 e. The molecule has 0 spiro atoms. The van der Waals surface area contributed by atoms with Gasteiger partial charge in [-0.1, -0.05) is 25.1 Å². The maximum atomic E-state index is 5.74. The first-order chi connectivity index (χ1) is 10.8. The Labute approximate surface area is 132 Å². The van der Waals surface area contributed by atoms with Crippen molar-refractivity contribution in [2.75, 3.05) is 13.2 Å². The SMILES string of the molecule is CCC(C)OCCCOc1ccc(Oc2ccccc2)cc1. The van der Waals surface area contributed by atoms with Crippen LogP contribution >= 0.6 is 0 Å². The van der Waals surface area contributed by atoms with E-state index in [1.165, 1.54) is 0 Å². The number of hydrogen-bond acceptors (Lipinski definition) is 3. The minimum atomic E-state index is 0.328. The van der Waals surface area contributed by atoms with E-state index >= 15 is 0 Å². The monoisotopic (exact) mass is 300 g/mol. The molecule has 0 saturated heterocycles. The van der Waals surface area contributed by atoms with Crippen molar-refractivity contribution in [3.63, 3.8) is 0 Å². The Hall–Kier alpha value is -2.00. The molecule has 2 aromatic rings. The summed E-state index contributed by atoms with van der Waals surface area (Å²) in [5.41, 5.74) is 0. The van der Waals surface area contributed by atoms with Crippen LogP contribution in [0.15, 0.2) is 54.6 Å². The molecule has 2 aromatic carbocycles. The molecule has 0 N–H and O–H groups in total. The quantitative estimate of drug-likeness (QED) is 0.606. The number of rotatable bonds is 9. The molecule has 2 rings (SSSR count). The van der Waals surface area contributed by atoms with Gasteiger partial charge in [0.25, 0.3) is 0 Å². The predicted octanol–water partition coefficient (Wildman–Crippen LogP) is 5.06. The third-order valence-corrected chi connectivity index (χ3v) is 3.34. The van der Waals surface area contributed by atoms with E-state index in [0.717, 1.165) is 36.7 Å². The van der Waals surface area contributed by atoms with Crippen LogP contribution in [0.4, 0.5) is 0 Å². The highest BCUT2D eigenvalue weighted by molar-refractivity contribution is 5.35. The summed E-state index contributed by atoms with van der Waals surface area (Å²) in [6.07, 6.45) is 2.27. The zero-order valence-corrected chi connectivity index (χ0v) is 13.3. The smallest absolute Gasteiger partial charge is 0.127 e. The van der Waals surface area contributed by atoms with E-state index in [1.54, 1.807) is 0 Å². The van der Waals surface area contributed by atoms with Gasteiger partial charge in [0.15, 0.2) is 0 Å². The molecule has 118 valence electrons. The minimum Gasteiger partial charge on any atom is -0.494 e. The lowest BCUT2D eigenvalue weighted by Gasteiger charge is -2.11. The van der Waals surface area contributed by atoms with Crippen molar-refractivity contribution in [1.29, 1.82) is 0 Å². The second-order valence-electron chi connectivity index (χ2n) is 5.18. The molecule has 0 fully saturated rings. The molecule has 0 radical (unpaired) electrons. The first-order valence-electron chi connectivity index (χ1n) is 7.85. The highest BCUT2D eigenvalue weighted by Crippen LogP contribution is 2.23. The summed E-state index contributed by atoms with van der Waals surface area (Å²) in [5.74, 6) is 2.49. The van der Waals surface area contributed by atoms with Crippen molar-refractivity contribution in [2.24, 2.45) is 0 Å². The first kappa shape index (κ1) is 16.4. The Morgan fingerprint density at radius 1 is 0.818 bits per heavy atom. The van der Waals surface area contributed by atoms with Crippen LogP contribution in [0.5, 0.6) is 17.2 Å². The van der Waals surface area contributed by atoms with E-state index in [0.29, 0.717) is 12.7 Å². The summed E-state index contributed by atoms with van der Waals surface area (Å²) in [5, 5.41) is 0. The zero-order chi connectivity index (χ0) is 15.6. The normalized spacial score (nSPS) is 11.9. The molecule has 1 atom stereocenters. The Morgan fingerprint density at radius 2 is 1.45 bits per heavy atom. The molecule has 0 heterocycles. The Kier molecular flexibility index (Phi) is 6.78. The molecule has 0 saturated carbocycles. The molecule has 0 amide bonds. The molecule has 0 aliphatic rings. The van der Waals surface area contributed by atoms with Crippen LogP contribution in [0.3, 0.4) is 0 Å². The zero-order valence-electron chi connectivity index (χ0n) is 13.3. The summed E-state index contributed by atoms with van der Waals surface area (Å²) < 4.78 is 17.0. The first-order valence-corrected chi connectivity index (χ1v) is 7.85. The summed E-state index contributed by atoms with van der Waals surface area (Å²) in [4.78, 5) is 0. The van der Waals surface area contributed by atoms with Crippen LogP contribution < -0.4 is 9.47 Å². The van der Waals surface area contributed by atoms with Gasteiger partial charge in [-0.05, 0) is 49.7 Å². The van der Waals surface area contributed by atoms with Crippen molar-refractivity contribution in [3.05, 3.63) is 54.6 Å². The number of ether oxygens (including phenoxy) is 3. The van der Waals surface area contributed by atoms with Gasteiger partial charge in [0, 0.05) is 6.42 Å². The summed E-state index contributed by atoms with van der Waals surface area (Å²) in [7, 11) is 0. The van der Waals surface area contributed by atoms with Crippen LogP contribution in [0.25, 0.3) is 0 Å². The fourth-order valence-electron chi connectivity index (χ4n) is 1.88. The summed E-state index contributed by atoms with van der Waals surface area (Å²) in [6, 6.07) is 17.4. The van der Waals surface area contributed by atoms with E-state index in [9.17, 15) is 0 Å². The molecule has 0 bridgehead atoms. The van der Waals surface area contributed by atoms with Gasteiger partial charge >= 0.3 is 0 Å². The van der Waals surface area contributed by atoms with Crippen LogP contribution in [0.1, 0.15) is 26.7 Å². The molecule has 0 aromatic heterocycles. The second-order valence-corrected chi connectivity index (χ2v) is 5.18. The fourth-order valence-corrected chi connectivity index (χ4v) is 1.88. The molecular formula is C19H24O3. The molecule has 3 heteroatoms. The topological polar surface area (TPSA) is 27.7 Å². The van der Waals surface area contributed by atoms with Crippen LogP contribution in [-0.4, -0.2) is 19.3 Å². The van der Waals surface area contributed by atoms with Crippen LogP contribution in [0, 0.1) is 0 Å². The lowest BCUT2D eigenvalue weighted by atomic mass is 10.3. The average Bonchev–Trinajstić information content (AvgIpc) is 2.57. The number of para-hydroxylation sites is 1. The van der Waals surface area contributed by atoms with Gasteiger partial charge in [-0.3, -0.25) is 0 Å². The van der Waals surface area contributed by atoms with Crippen molar-refractivity contribution in [3.8, 4) is 17.2 Å². The summed E-state index contributed by atoms with van der Waals surface area (Å²) >= 11 is 0. The van der Waals surface area contributed by atoms with Gasteiger partial charge in [-0.15, -0.1) is 0 Å². The minimum absolute atomic E-state index is 0.328. The molecule has 3 nitrogen and oxygen atoms in total. The third-order valence-electron chi connectivity index (χ3n) is 3.34. The Morgan fingerprint density at radius 3 is 2.14 bits per heavy atom. The van der Waals surface area contributed by atoms with Crippen molar-refractivity contribution in [1.82, 2.24) is 0 Å². The lowest BCUT2D eigenvalue weighted by Crippen LogP contribution is -2.10. The number of benzene rings is 2. The van der Waals surface area contributed by atoms with Gasteiger partial charge in [0.05, 0.1) is 19.3 Å². The maximum Gasteiger partial charge on any atom is 0.127 e. The molecule has 0 aliphatic heterocycles. The molecular weight excluding hydrogens is 276 g/mol.